The Balaban J connectivity index is 1.62. The highest BCUT2D eigenvalue weighted by molar-refractivity contribution is 5.93. The van der Waals surface area contributed by atoms with Gasteiger partial charge in [0.2, 0.25) is 5.91 Å². The molecule has 1 saturated heterocycles. The summed E-state index contributed by atoms with van der Waals surface area (Å²) in [6.07, 6.45) is 6.68. The molecule has 4 nitrogen and oxygen atoms in total. The normalized spacial score (nSPS) is 20.6. The zero-order valence-electron chi connectivity index (χ0n) is 15.1. The Morgan fingerprint density at radius 3 is 2.62 bits per heavy atom. The summed E-state index contributed by atoms with van der Waals surface area (Å²) in [5.41, 5.74) is 2.20. The lowest BCUT2D eigenvalue weighted by atomic mass is 9.88. The SMILES string of the molecule is CC(C(=O)Nc1ccccc1CN(C)C1CCCCC1)C1CNC1. The van der Waals surface area contributed by atoms with E-state index in [1.54, 1.807) is 0 Å². The third kappa shape index (κ3) is 4.17. The number of nitrogens with zero attached hydrogens (tertiary/aromatic N) is 1. The Morgan fingerprint density at radius 1 is 1.25 bits per heavy atom. The molecule has 3 rings (SSSR count). The first-order valence-electron chi connectivity index (χ1n) is 9.45. The van der Waals surface area contributed by atoms with Crippen molar-refractivity contribution in [2.24, 2.45) is 11.8 Å². The molecule has 1 aromatic carbocycles. The number of para-hydroxylation sites is 1. The molecule has 1 unspecified atom stereocenters. The molecule has 1 saturated carbocycles. The van der Waals surface area contributed by atoms with Crippen molar-refractivity contribution in [3.05, 3.63) is 29.8 Å². The van der Waals surface area contributed by atoms with E-state index >= 15 is 0 Å². The van der Waals surface area contributed by atoms with Gasteiger partial charge in [-0.2, -0.15) is 0 Å². The van der Waals surface area contributed by atoms with Gasteiger partial charge >= 0.3 is 0 Å². The minimum absolute atomic E-state index is 0.0652. The average Bonchev–Trinajstić information content (AvgIpc) is 2.55. The van der Waals surface area contributed by atoms with Crippen molar-refractivity contribution in [2.45, 2.75) is 51.6 Å². The molecule has 132 valence electrons. The second kappa shape index (κ2) is 8.13. The number of benzene rings is 1. The quantitative estimate of drug-likeness (QED) is 0.842. The van der Waals surface area contributed by atoms with Crippen molar-refractivity contribution in [2.75, 3.05) is 25.5 Å². The zero-order valence-corrected chi connectivity index (χ0v) is 15.1. The van der Waals surface area contributed by atoms with Crippen LogP contribution in [0.5, 0.6) is 0 Å². The van der Waals surface area contributed by atoms with Gasteiger partial charge < -0.3 is 10.6 Å². The van der Waals surface area contributed by atoms with Crippen LogP contribution in [0.4, 0.5) is 5.69 Å². The number of carbonyl (C=O) groups is 1. The van der Waals surface area contributed by atoms with E-state index in [9.17, 15) is 4.79 Å². The maximum absolute atomic E-state index is 12.5. The van der Waals surface area contributed by atoms with Gasteiger partial charge in [0.05, 0.1) is 0 Å². The minimum Gasteiger partial charge on any atom is -0.326 e. The van der Waals surface area contributed by atoms with E-state index in [2.05, 4.69) is 34.7 Å². The van der Waals surface area contributed by atoms with Gasteiger partial charge in [-0.1, -0.05) is 44.4 Å². The molecule has 0 aromatic heterocycles. The number of anilines is 1. The van der Waals surface area contributed by atoms with Gasteiger partial charge in [-0.05, 0) is 50.5 Å². The molecule has 1 aromatic rings. The predicted molar refractivity (Wildman–Crippen MR) is 98.9 cm³/mol. The lowest BCUT2D eigenvalue weighted by molar-refractivity contribution is -0.121. The van der Waals surface area contributed by atoms with Gasteiger partial charge in [0.1, 0.15) is 0 Å². The summed E-state index contributed by atoms with van der Waals surface area (Å²) in [6, 6.07) is 8.94. The van der Waals surface area contributed by atoms with E-state index in [1.165, 1.54) is 37.7 Å². The molecule has 24 heavy (non-hydrogen) atoms. The minimum atomic E-state index is 0.0652. The summed E-state index contributed by atoms with van der Waals surface area (Å²) in [5.74, 6) is 0.687. The molecular weight excluding hydrogens is 298 g/mol. The maximum atomic E-state index is 12.5. The van der Waals surface area contributed by atoms with Crippen LogP contribution in [0.2, 0.25) is 0 Å². The Morgan fingerprint density at radius 2 is 1.96 bits per heavy atom. The van der Waals surface area contributed by atoms with Crippen molar-refractivity contribution in [1.82, 2.24) is 10.2 Å². The highest BCUT2D eigenvalue weighted by Crippen LogP contribution is 2.25. The number of carbonyl (C=O) groups excluding carboxylic acids is 1. The van der Waals surface area contributed by atoms with E-state index in [0.29, 0.717) is 12.0 Å². The summed E-state index contributed by atoms with van der Waals surface area (Å²) in [6.45, 7) is 4.86. The number of nitrogens with one attached hydrogen (secondary N) is 2. The molecule has 1 aliphatic carbocycles. The molecule has 0 radical (unpaired) electrons. The molecule has 1 amide bonds. The molecule has 0 spiro atoms. The summed E-state index contributed by atoms with van der Waals surface area (Å²) in [7, 11) is 2.22. The zero-order chi connectivity index (χ0) is 16.9. The van der Waals surface area contributed by atoms with Crippen LogP contribution in [-0.4, -0.2) is 37.0 Å². The third-order valence-electron chi connectivity index (χ3n) is 5.83. The summed E-state index contributed by atoms with van der Waals surface area (Å²) >= 11 is 0. The van der Waals surface area contributed by atoms with Gasteiger partial charge in [0.25, 0.3) is 0 Å². The first kappa shape index (κ1) is 17.4. The summed E-state index contributed by atoms with van der Waals surface area (Å²) in [5, 5.41) is 6.42. The van der Waals surface area contributed by atoms with E-state index < -0.39 is 0 Å². The molecule has 1 heterocycles. The smallest absolute Gasteiger partial charge is 0.227 e. The molecular formula is C20H31N3O. The van der Waals surface area contributed by atoms with Gasteiger partial charge in [-0.25, -0.2) is 0 Å². The lowest BCUT2D eigenvalue weighted by Crippen LogP contribution is -2.48. The molecule has 0 bridgehead atoms. The Labute approximate surface area is 146 Å². The molecule has 2 aliphatic rings. The van der Waals surface area contributed by atoms with Gasteiger partial charge in [0.15, 0.2) is 0 Å². The van der Waals surface area contributed by atoms with Crippen molar-refractivity contribution < 1.29 is 4.79 Å². The molecule has 2 N–H and O–H groups in total. The fourth-order valence-corrected chi connectivity index (χ4v) is 3.82. The highest BCUT2D eigenvalue weighted by Gasteiger charge is 2.29. The van der Waals surface area contributed by atoms with Crippen molar-refractivity contribution in [1.29, 1.82) is 0 Å². The summed E-state index contributed by atoms with van der Waals surface area (Å²) < 4.78 is 0. The fourth-order valence-electron chi connectivity index (χ4n) is 3.82. The number of hydrogen-bond donors (Lipinski definition) is 2. The van der Waals surface area contributed by atoms with Crippen molar-refractivity contribution in [3.8, 4) is 0 Å². The van der Waals surface area contributed by atoms with Gasteiger partial charge in [0, 0.05) is 24.2 Å². The Kier molecular flexibility index (Phi) is 5.90. The topological polar surface area (TPSA) is 44.4 Å². The van der Waals surface area contributed by atoms with E-state index in [0.717, 1.165) is 25.3 Å². The largest absolute Gasteiger partial charge is 0.326 e. The van der Waals surface area contributed by atoms with Crippen LogP contribution in [0.3, 0.4) is 0 Å². The first-order chi connectivity index (χ1) is 11.6. The van der Waals surface area contributed by atoms with Crippen LogP contribution < -0.4 is 10.6 Å². The van der Waals surface area contributed by atoms with Crippen LogP contribution in [-0.2, 0) is 11.3 Å². The van der Waals surface area contributed by atoms with Crippen LogP contribution in [0.15, 0.2) is 24.3 Å². The van der Waals surface area contributed by atoms with Crippen LogP contribution in [0, 0.1) is 11.8 Å². The monoisotopic (exact) mass is 329 g/mol. The van der Waals surface area contributed by atoms with Gasteiger partial charge in [-0.15, -0.1) is 0 Å². The Hall–Kier alpha value is -1.39. The molecule has 1 atom stereocenters. The fraction of sp³-hybridized carbons (Fsp3) is 0.650. The van der Waals surface area contributed by atoms with Gasteiger partial charge in [-0.3, -0.25) is 9.69 Å². The first-order valence-corrected chi connectivity index (χ1v) is 9.45. The van der Waals surface area contributed by atoms with Crippen LogP contribution in [0.1, 0.15) is 44.6 Å². The predicted octanol–water partition coefficient (Wildman–Crippen LogP) is 3.25. The van der Waals surface area contributed by atoms with E-state index in [-0.39, 0.29) is 11.8 Å². The van der Waals surface area contributed by atoms with Crippen LogP contribution >= 0.6 is 0 Å². The third-order valence-corrected chi connectivity index (χ3v) is 5.83. The Bertz CT molecular complexity index is 550. The number of hydrogen-bond acceptors (Lipinski definition) is 3. The van der Waals surface area contributed by atoms with Crippen molar-refractivity contribution >= 4 is 11.6 Å². The molecule has 2 fully saturated rings. The van der Waals surface area contributed by atoms with E-state index in [4.69, 9.17) is 0 Å². The molecule has 1 aliphatic heterocycles. The number of amides is 1. The highest BCUT2D eigenvalue weighted by atomic mass is 16.1. The number of rotatable bonds is 6. The second-order valence-corrected chi connectivity index (χ2v) is 7.56. The maximum Gasteiger partial charge on any atom is 0.227 e. The van der Waals surface area contributed by atoms with Crippen LogP contribution in [0.25, 0.3) is 0 Å². The average molecular weight is 329 g/mol. The van der Waals surface area contributed by atoms with Crippen molar-refractivity contribution in [3.63, 3.8) is 0 Å². The molecule has 4 heteroatoms. The lowest BCUT2D eigenvalue weighted by Gasteiger charge is -2.33. The standard InChI is InChI=1S/C20H31N3O/c1-15(17-12-21-13-17)20(24)22-19-11-7-6-8-16(19)14-23(2)18-9-4-3-5-10-18/h6-8,11,15,17-18,21H,3-5,9-10,12-14H2,1-2H3,(H,22,24). The summed E-state index contributed by atoms with van der Waals surface area (Å²) in [4.78, 5) is 15.0. The second-order valence-electron chi connectivity index (χ2n) is 7.56. The van der Waals surface area contributed by atoms with E-state index in [1.807, 2.05) is 19.1 Å².